The number of nitrogens with two attached hydrogens (primary N) is 1. The maximum atomic E-state index is 12.4. The molecule has 25 heavy (non-hydrogen) atoms. The summed E-state index contributed by atoms with van der Waals surface area (Å²) in [6.45, 7) is 8.63. The third-order valence-corrected chi connectivity index (χ3v) is 4.93. The van der Waals surface area contributed by atoms with Gasteiger partial charge in [-0.25, -0.2) is 4.98 Å². The van der Waals surface area contributed by atoms with Gasteiger partial charge >= 0.3 is 0 Å². The van der Waals surface area contributed by atoms with Gasteiger partial charge in [0.2, 0.25) is 5.91 Å². The summed E-state index contributed by atoms with van der Waals surface area (Å²) in [7, 11) is 0. The second-order valence-electron chi connectivity index (χ2n) is 6.72. The van der Waals surface area contributed by atoms with Gasteiger partial charge in [-0.3, -0.25) is 4.79 Å². The topological polar surface area (TPSA) is 71.2 Å². The Morgan fingerprint density at radius 3 is 2.52 bits per heavy atom. The standard InChI is InChI=1S/C18H30N4O.2ClH/c1-4-22(5-2)16-10-9-14(12-20-16)13-21-17(23)15-8-6-7-11-18(15,3)19;;/h9-10,12,15H,4-8,11,13,19H2,1-3H3,(H,21,23);2*1H. The quantitative estimate of drug-likeness (QED) is 0.781. The van der Waals surface area contributed by atoms with Crippen LogP contribution in [-0.4, -0.2) is 29.5 Å². The van der Waals surface area contributed by atoms with E-state index in [9.17, 15) is 4.79 Å². The third kappa shape index (κ3) is 6.32. The number of pyridine rings is 1. The number of hydrogen-bond donors (Lipinski definition) is 2. The summed E-state index contributed by atoms with van der Waals surface area (Å²) in [5.41, 5.74) is 6.93. The van der Waals surface area contributed by atoms with E-state index in [-0.39, 0.29) is 42.2 Å². The van der Waals surface area contributed by atoms with Crippen LogP contribution in [0.1, 0.15) is 52.0 Å². The Hall–Kier alpha value is -1.04. The van der Waals surface area contributed by atoms with E-state index >= 15 is 0 Å². The molecule has 1 aliphatic carbocycles. The van der Waals surface area contributed by atoms with Gasteiger partial charge in [0.15, 0.2) is 0 Å². The van der Waals surface area contributed by atoms with Gasteiger partial charge in [-0.2, -0.15) is 0 Å². The van der Waals surface area contributed by atoms with Gasteiger partial charge < -0.3 is 16.0 Å². The highest BCUT2D eigenvalue weighted by atomic mass is 35.5. The van der Waals surface area contributed by atoms with Gasteiger partial charge in [0, 0.05) is 31.4 Å². The molecule has 1 fully saturated rings. The van der Waals surface area contributed by atoms with Crippen LogP contribution in [0, 0.1) is 5.92 Å². The molecule has 1 aliphatic rings. The predicted octanol–water partition coefficient (Wildman–Crippen LogP) is 3.30. The molecule has 144 valence electrons. The number of halogens is 2. The molecule has 0 aliphatic heterocycles. The lowest BCUT2D eigenvalue weighted by molar-refractivity contribution is -0.128. The van der Waals surface area contributed by atoms with Crippen LogP contribution in [-0.2, 0) is 11.3 Å². The second-order valence-corrected chi connectivity index (χ2v) is 6.72. The number of hydrogen-bond acceptors (Lipinski definition) is 4. The molecule has 1 aromatic heterocycles. The van der Waals surface area contributed by atoms with E-state index in [1.54, 1.807) is 0 Å². The van der Waals surface area contributed by atoms with Gasteiger partial charge in [-0.1, -0.05) is 18.9 Å². The zero-order valence-electron chi connectivity index (χ0n) is 15.5. The monoisotopic (exact) mass is 390 g/mol. The van der Waals surface area contributed by atoms with E-state index in [4.69, 9.17) is 5.73 Å². The number of carbonyl (C=O) groups excluding carboxylic acids is 1. The molecule has 1 amide bonds. The van der Waals surface area contributed by atoms with Gasteiger partial charge in [-0.05, 0) is 45.2 Å². The molecule has 7 heteroatoms. The normalized spacial score (nSPS) is 22.3. The maximum Gasteiger partial charge on any atom is 0.225 e. The number of amides is 1. The Kier molecular flexibility index (Phi) is 10.4. The minimum Gasteiger partial charge on any atom is -0.357 e. The number of carbonyl (C=O) groups is 1. The Morgan fingerprint density at radius 1 is 1.32 bits per heavy atom. The minimum atomic E-state index is -0.382. The molecular formula is C18H32Cl2N4O. The van der Waals surface area contributed by atoms with E-state index < -0.39 is 0 Å². The first-order valence-electron chi connectivity index (χ1n) is 8.74. The number of aromatic nitrogens is 1. The molecule has 0 radical (unpaired) electrons. The zero-order chi connectivity index (χ0) is 16.9. The molecule has 0 aromatic carbocycles. The molecule has 5 nitrogen and oxygen atoms in total. The molecule has 3 N–H and O–H groups in total. The molecule has 0 spiro atoms. The fraction of sp³-hybridized carbons (Fsp3) is 0.667. The third-order valence-electron chi connectivity index (χ3n) is 4.93. The number of nitrogens with one attached hydrogen (secondary N) is 1. The molecule has 1 aromatic rings. The van der Waals surface area contributed by atoms with Crippen LogP contribution in [0.25, 0.3) is 0 Å². The molecule has 0 saturated heterocycles. The summed E-state index contributed by atoms with van der Waals surface area (Å²) < 4.78 is 0. The van der Waals surface area contributed by atoms with Crippen molar-refractivity contribution in [2.24, 2.45) is 11.7 Å². The molecular weight excluding hydrogens is 359 g/mol. The Balaban J connectivity index is 0.00000288. The maximum absolute atomic E-state index is 12.4. The average molecular weight is 391 g/mol. The number of nitrogens with zero attached hydrogens (tertiary/aromatic N) is 2. The van der Waals surface area contributed by atoms with E-state index in [2.05, 4.69) is 29.0 Å². The average Bonchev–Trinajstić information content (AvgIpc) is 2.54. The van der Waals surface area contributed by atoms with Crippen molar-refractivity contribution in [3.8, 4) is 0 Å². The highest BCUT2D eigenvalue weighted by Gasteiger charge is 2.37. The first-order chi connectivity index (χ1) is 11.0. The number of rotatable bonds is 6. The van der Waals surface area contributed by atoms with Crippen LogP contribution in [0.15, 0.2) is 18.3 Å². The fourth-order valence-electron chi connectivity index (χ4n) is 3.36. The summed E-state index contributed by atoms with van der Waals surface area (Å²) in [4.78, 5) is 19.1. The fourth-order valence-corrected chi connectivity index (χ4v) is 3.36. The molecule has 2 rings (SSSR count). The largest absolute Gasteiger partial charge is 0.357 e. The lowest BCUT2D eigenvalue weighted by atomic mass is 9.74. The predicted molar refractivity (Wildman–Crippen MR) is 109 cm³/mol. The Bertz CT molecular complexity index is 518. The second kappa shape index (κ2) is 10.8. The molecule has 0 bridgehead atoms. The van der Waals surface area contributed by atoms with Crippen LogP contribution in [0.3, 0.4) is 0 Å². The van der Waals surface area contributed by atoms with Crippen molar-refractivity contribution in [3.05, 3.63) is 23.9 Å². The van der Waals surface area contributed by atoms with Crippen molar-refractivity contribution in [1.29, 1.82) is 0 Å². The van der Waals surface area contributed by atoms with Crippen molar-refractivity contribution >= 4 is 36.5 Å². The first-order valence-corrected chi connectivity index (χ1v) is 8.74. The smallest absolute Gasteiger partial charge is 0.225 e. The molecule has 2 unspecified atom stereocenters. The van der Waals surface area contributed by atoms with Crippen LogP contribution >= 0.6 is 24.8 Å². The Labute approximate surface area is 164 Å². The molecule has 2 atom stereocenters. The summed E-state index contributed by atoms with van der Waals surface area (Å²) >= 11 is 0. The first kappa shape index (κ1) is 24.0. The van der Waals surface area contributed by atoms with Gasteiger partial charge in [0.25, 0.3) is 0 Å². The number of anilines is 1. The highest BCUT2D eigenvalue weighted by molar-refractivity contribution is 5.85. The summed E-state index contributed by atoms with van der Waals surface area (Å²) in [5, 5.41) is 3.03. The van der Waals surface area contributed by atoms with Crippen molar-refractivity contribution in [1.82, 2.24) is 10.3 Å². The van der Waals surface area contributed by atoms with Crippen molar-refractivity contribution in [2.75, 3.05) is 18.0 Å². The van der Waals surface area contributed by atoms with E-state index in [0.717, 1.165) is 50.2 Å². The lowest BCUT2D eigenvalue weighted by Gasteiger charge is -2.37. The van der Waals surface area contributed by atoms with Gasteiger partial charge in [0.05, 0.1) is 5.92 Å². The van der Waals surface area contributed by atoms with Crippen LogP contribution in [0.4, 0.5) is 5.82 Å². The summed E-state index contributed by atoms with van der Waals surface area (Å²) in [6.07, 6.45) is 5.86. The van der Waals surface area contributed by atoms with Crippen molar-refractivity contribution in [2.45, 2.75) is 58.5 Å². The zero-order valence-corrected chi connectivity index (χ0v) is 17.1. The van der Waals surface area contributed by atoms with E-state index in [1.807, 2.05) is 25.3 Å². The van der Waals surface area contributed by atoms with Crippen molar-refractivity contribution < 1.29 is 4.79 Å². The Morgan fingerprint density at radius 2 is 2.00 bits per heavy atom. The highest BCUT2D eigenvalue weighted by Crippen LogP contribution is 2.31. The van der Waals surface area contributed by atoms with Crippen LogP contribution in [0.5, 0.6) is 0 Å². The minimum absolute atomic E-state index is 0. The van der Waals surface area contributed by atoms with Gasteiger partial charge in [-0.15, -0.1) is 24.8 Å². The summed E-state index contributed by atoms with van der Waals surface area (Å²) in [5.74, 6) is 0.966. The van der Waals surface area contributed by atoms with Crippen LogP contribution < -0.4 is 16.0 Å². The van der Waals surface area contributed by atoms with E-state index in [0.29, 0.717) is 6.54 Å². The van der Waals surface area contributed by atoms with Crippen LogP contribution in [0.2, 0.25) is 0 Å². The summed E-state index contributed by atoms with van der Waals surface area (Å²) in [6, 6.07) is 4.05. The SMILES string of the molecule is CCN(CC)c1ccc(CNC(=O)C2CCCCC2(C)N)cn1.Cl.Cl. The molecule has 1 heterocycles. The van der Waals surface area contributed by atoms with Gasteiger partial charge in [0.1, 0.15) is 5.82 Å². The van der Waals surface area contributed by atoms with Crippen molar-refractivity contribution in [3.63, 3.8) is 0 Å². The van der Waals surface area contributed by atoms with E-state index in [1.165, 1.54) is 0 Å². The lowest BCUT2D eigenvalue weighted by Crippen LogP contribution is -2.52. The molecule has 1 saturated carbocycles.